The Labute approximate surface area is 124 Å². The monoisotopic (exact) mass is 287 g/mol. The average molecular weight is 287 g/mol. The molecule has 20 heavy (non-hydrogen) atoms. The molecule has 2 N–H and O–H groups in total. The first-order chi connectivity index (χ1) is 9.71. The van der Waals surface area contributed by atoms with Gasteiger partial charge in [-0.3, -0.25) is 4.98 Å². The van der Waals surface area contributed by atoms with Gasteiger partial charge in [0, 0.05) is 23.3 Å². The quantitative estimate of drug-likeness (QED) is 0.929. The van der Waals surface area contributed by atoms with Gasteiger partial charge in [0.05, 0.1) is 11.2 Å². The standard InChI is InChI=1S/C16H21N3S/c1-2-12-3-7-16(17,8-4-12)15-19-14(11-20-15)13-5-9-18-10-6-13/h5-6,9-12H,2-4,7-8,17H2,1H3. The summed E-state index contributed by atoms with van der Waals surface area (Å²) in [7, 11) is 0. The van der Waals surface area contributed by atoms with Crippen LogP contribution in [0.1, 0.15) is 44.0 Å². The summed E-state index contributed by atoms with van der Waals surface area (Å²) >= 11 is 1.70. The lowest BCUT2D eigenvalue weighted by Crippen LogP contribution is -2.40. The number of pyridine rings is 1. The van der Waals surface area contributed by atoms with Crippen LogP contribution >= 0.6 is 11.3 Å². The van der Waals surface area contributed by atoms with Crippen molar-refractivity contribution in [1.29, 1.82) is 0 Å². The van der Waals surface area contributed by atoms with E-state index < -0.39 is 0 Å². The molecule has 1 saturated carbocycles. The summed E-state index contributed by atoms with van der Waals surface area (Å²) in [5, 5.41) is 3.21. The molecule has 3 rings (SSSR count). The number of nitrogens with two attached hydrogens (primary N) is 1. The summed E-state index contributed by atoms with van der Waals surface area (Å²) in [5.74, 6) is 0.853. The average Bonchev–Trinajstić information content (AvgIpc) is 3.00. The third kappa shape index (κ3) is 2.63. The zero-order valence-electron chi connectivity index (χ0n) is 11.9. The first-order valence-corrected chi connectivity index (χ1v) is 8.24. The molecule has 1 aliphatic carbocycles. The summed E-state index contributed by atoms with van der Waals surface area (Å²) in [6.45, 7) is 2.28. The molecule has 3 nitrogen and oxygen atoms in total. The molecule has 4 heteroatoms. The Bertz CT molecular complexity index is 556. The minimum Gasteiger partial charge on any atom is -0.319 e. The van der Waals surface area contributed by atoms with E-state index in [2.05, 4.69) is 17.3 Å². The number of aromatic nitrogens is 2. The molecule has 2 heterocycles. The number of thiazole rings is 1. The molecule has 0 bridgehead atoms. The second-order valence-electron chi connectivity index (χ2n) is 5.78. The highest BCUT2D eigenvalue weighted by atomic mass is 32.1. The van der Waals surface area contributed by atoms with E-state index in [9.17, 15) is 0 Å². The van der Waals surface area contributed by atoms with Gasteiger partial charge in [0.1, 0.15) is 5.01 Å². The van der Waals surface area contributed by atoms with Crippen LogP contribution in [0.5, 0.6) is 0 Å². The van der Waals surface area contributed by atoms with Gasteiger partial charge < -0.3 is 5.73 Å². The maximum atomic E-state index is 6.62. The summed E-state index contributed by atoms with van der Waals surface area (Å²) in [6, 6.07) is 3.99. The Balaban J connectivity index is 1.80. The Hall–Kier alpha value is -1.26. The number of rotatable bonds is 3. The third-order valence-corrected chi connectivity index (χ3v) is 5.54. The SMILES string of the molecule is CCC1CCC(N)(c2nc(-c3ccncc3)cs2)CC1. The van der Waals surface area contributed by atoms with E-state index in [1.54, 1.807) is 23.7 Å². The number of hydrogen-bond donors (Lipinski definition) is 1. The third-order valence-electron chi connectivity index (χ3n) is 4.48. The van der Waals surface area contributed by atoms with Crippen molar-refractivity contribution in [2.24, 2.45) is 11.7 Å². The van der Waals surface area contributed by atoms with Crippen molar-refractivity contribution >= 4 is 11.3 Å². The predicted molar refractivity (Wildman–Crippen MR) is 83.5 cm³/mol. The fourth-order valence-electron chi connectivity index (χ4n) is 2.97. The molecule has 0 atom stereocenters. The molecule has 0 saturated heterocycles. The first-order valence-electron chi connectivity index (χ1n) is 7.36. The molecule has 2 aromatic rings. The highest BCUT2D eigenvalue weighted by Crippen LogP contribution is 2.40. The molecule has 0 spiro atoms. The normalized spacial score (nSPS) is 26.6. The first kappa shape index (κ1) is 13.7. The van der Waals surface area contributed by atoms with Crippen molar-refractivity contribution in [2.75, 3.05) is 0 Å². The van der Waals surface area contributed by atoms with Crippen molar-refractivity contribution in [3.63, 3.8) is 0 Å². The van der Waals surface area contributed by atoms with Gasteiger partial charge in [-0.25, -0.2) is 4.98 Å². The molecule has 0 unspecified atom stereocenters. The van der Waals surface area contributed by atoms with E-state index in [1.165, 1.54) is 19.3 Å². The Morgan fingerprint density at radius 2 is 2.00 bits per heavy atom. The van der Waals surface area contributed by atoms with Gasteiger partial charge in [0.2, 0.25) is 0 Å². The Kier molecular flexibility index (Phi) is 3.85. The Morgan fingerprint density at radius 3 is 2.65 bits per heavy atom. The maximum absolute atomic E-state index is 6.62. The summed E-state index contributed by atoms with van der Waals surface area (Å²) in [6.07, 6.45) is 9.48. The van der Waals surface area contributed by atoms with Crippen LogP contribution < -0.4 is 5.73 Å². The van der Waals surface area contributed by atoms with Crippen molar-refractivity contribution in [2.45, 2.75) is 44.6 Å². The van der Waals surface area contributed by atoms with Crippen LogP contribution in [-0.4, -0.2) is 9.97 Å². The second-order valence-corrected chi connectivity index (χ2v) is 6.64. The molecule has 0 aliphatic heterocycles. The van der Waals surface area contributed by atoms with E-state index in [1.807, 2.05) is 12.1 Å². The van der Waals surface area contributed by atoms with Gasteiger partial charge in [-0.05, 0) is 43.7 Å². The van der Waals surface area contributed by atoms with E-state index in [0.717, 1.165) is 35.0 Å². The van der Waals surface area contributed by atoms with Crippen molar-refractivity contribution in [3.05, 3.63) is 34.9 Å². The van der Waals surface area contributed by atoms with Crippen LogP contribution in [0, 0.1) is 5.92 Å². The van der Waals surface area contributed by atoms with Crippen LogP contribution in [0.15, 0.2) is 29.9 Å². The predicted octanol–water partition coefficient (Wildman–Crippen LogP) is 3.96. The second kappa shape index (κ2) is 5.62. The highest BCUT2D eigenvalue weighted by Gasteiger charge is 2.35. The van der Waals surface area contributed by atoms with Gasteiger partial charge in [-0.1, -0.05) is 13.3 Å². The minimum absolute atomic E-state index is 0.207. The van der Waals surface area contributed by atoms with Crippen molar-refractivity contribution < 1.29 is 0 Å². The summed E-state index contributed by atoms with van der Waals surface area (Å²) in [5.41, 5.74) is 8.56. The molecule has 2 aromatic heterocycles. The van der Waals surface area contributed by atoms with Gasteiger partial charge in [0.15, 0.2) is 0 Å². The molecule has 1 fully saturated rings. The molecule has 106 valence electrons. The number of nitrogens with zero attached hydrogens (tertiary/aromatic N) is 2. The van der Waals surface area contributed by atoms with E-state index in [0.29, 0.717) is 0 Å². The lowest BCUT2D eigenvalue weighted by atomic mass is 9.76. The van der Waals surface area contributed by atoms with Crippen LogP contribution in [0.25, 0.3) is 11.3 Å². The van der Waals surface area contributed by atoms with Crippen LogP contribution in [-0.2, 0) is 5.54 Å². The van der Waals surface area contributed by atoms with Gasteiger partial charge in [0.25, 0.3) is 0 Å². The zero-order valence-corrected chi connectivity index (χ0v) is 12.7. The molecule has 0 amide bonds. The van der Waals surface area contributed by atoms with Crippen molar-refractivity contribution in [3.8, 4) is 11.3 Å². The molecule has 0 radical (unpaired) electrons. The maximum Gasteiger partial charge on any atom is 0.113 e. The fourth-order valence-corrected chi connectivity index (χ4v) is 3.97. The topological polar surface area (TPSA) is 51.8 Å². The highest BCUT2D eigenvalue weighted by molar-refractivity contribution is 7.10. The largest absolute Gasteiger partial charge is 0.319 e. The minimum atomic E-state index is -0.207. The molecular formula is C16H21N3S. The van der Waals surface area contributed by atoms with E-state index in [4.69, 9.17) is 10.7 Å². The van der Waals surface area contributed by atoms with Gasteiger partial charge in [-0.2, -0.15) is 0 Å². The fraction of sp³-hybridized carbons (Fsp3) is 0.500. The molecule has 1 aliphatic rings. The van der Waals surface area contributed by atoms with Crippen LogP contribution in [0.2, 0.25) is 0 Å². The lowest BCUT2D eigenvalue weighted by Gasteiger charge is -2.35. The van der Waals surface area contributed by atoms with Gasteiger partial charge in [-0.15, -0.1) is 11.3 Å². The zero-order chi connectivity index (χ0) is 14.0. The lowest BCUT2D eigenvalue weighted by molar-refractivity contribution is 0.231. The summed E-state index contributed by atoms with van der Waals surface area (Å²) < 4.78 is 0. The molecular weight excluding hydrogens is 266 g/mol. The smallest absolute Gasteiger partial charge is 0.113 e. The number of hydrogen-bond acceptors (Lipinski definition) is 4. The molecule has 0 aromatic carbocycles. The summed E-state index contributed by atoms with van der Waals surface area (Å²) in [4.78, 5) is 8.84. The van der Waals surface area contributed by atoms with E-state index >= 15 is 0 Å². The van der Waals surface area contributed by atoms with E-state index in [-0.39, 0.29) is 5.54 Å². The van der Waals surface area contributed by atoms with Crippen LogP contribution in [0.3, 0.4) is 0 Å². The van der Waals surface area contributed by atoms with Gasteiger partial charge >= 0.3 is 0 Å². The van der Waals surface area contributed by atoms with Crippen molar-refractivity contribution in [1.82, 2.24) is 9.97 Å². The Morgan fingerprint density at radius 1 is 1.30 bits per heavy atom. The van der Waals surface area contributed by atoms with Crippen LogP contribution in [0.4, 0.5) is 0 Å².